The summed E-state index contributed by atoms with van der Waals surface area (Å²) < 4.78 is 0. The van der Waals surface area contributed by atoms with Crippen LogP contribution in [0.2, 0.25) is 0 Å². The molecule has 4 aliphatic rings. The van der Waals surface area contributed by atoms with Crippen LogP contribution in [-0.2, 0) is 0 Å². The first-order valence-electron chi connectivity index (χ1n) is 12.0. The summed E-state index contributed by atoms with van der Waals surface area (Å²) in [5.74, 6) is 6.14. The Hall–Kier alpha value is -0.0400. The molecule has 0 spiro atoms. The first-order chi connectivity index (χ1) is 12.2. The van der Waals surface area contributed by atoms with Crippen LogP contribution in [0.25, 0.3) is 0 Å². The van der Waals surface area contributed by atoms with Gasteiger partial charge >= 0.3 is 0 Å². The molecule has 1 heterocycles. The van der Waals surface area contributed by atoms with Crippen molar-refractivity contribution < 1.29 is 0 Å². The van der Waals surface area contributed by atoms with Crippen molar-refractivity contribution in [2.24, 2.45) is 40.9 Å². The zero-order chi connectivity index (χ0) is 18.5. The summed E-state index contributed by atoms with van der Waals surface area (Å²) in [4.78, 5) is 2.90. The standard InChI is InChI=1S/C25H45N/c1-24(2,3)23-14-18(13-20-7-6-8-21(20)15-23)16-25(4,5)26-12-11-19-9-10-22(19)17-26/h18-23H,6-17H2,1-5H3. The summed E-state index contributed by atoms with van der Waals surface area (Å²) in [5, 5.41) is 0. The van der Waals surface area contributed by atoms with Crippen LogP contribution in [0.3, 0.4) is 0 Å². The third-order valence-electron chi connectivity index (χ3n) is 9.33. The van der Waals surface area contributed by atoms with Crippen LogP contribution < -0.4 is 0 Å². The first kappa shape index (κ1) is 19.3. The fourth-order valence-corrected chi connectivity index (χ4v) is 7.34. The summed E-state index contributed by atoms with van der Waals surface area (Å²) in [6.45, 7) is 15.5. The molecule has 1 nitrogen and oxygen atoms in total. The largest absolute Gasteiger partial charge is 0.298 e. The van der Waals surface area contributed by atoms with Gasteiger partial charge in [-0.2, -0.15) is 0 Å². The molecule has 4 fully saturated rings. The maximum Gasteiger partial charge on any atom is 0.0156 e. The van der Waals surface area contributed by atoms with Crippen molar-refractivity contribution in [3.63, 3.8) is 0 Å². The number of fused-ring (bicyclic) bond motifs is 2. The van der Waals surface area contributed by atoms with E-state index in [0.29, 0.717) is 11.0 Å². The third-order valence-corrected chi connectivity index (χ3v) is 9.33. The van der Waals surface area contributed by atoms with Gasteiger partial charge in [0.1, 0.15) is 0 Å². The monoisotopic (exact) mass is 359 g/mol. The van der Waals surface area contributed by atoms with E-state index < -0.39 is 0 Å². The second-order valence-electron chi connectivity index (χ2n) is 12.4. The van der Waals surface area contributed by atoms with Crippen LogP contribution in [0.1, 0.15) is 98.8 Å². The zero-order valence-corrected chi connectivity index (χ0v) is 18.4. The summed E-state index contributed by atoms with van der Waals surface area (Å²) in [7, 11) is 0. The van der Waals surface area contributed by atoms with Crippen molar-refractivity contribution in [1.29, 1.82) is 0 Å². The molecule has 1 saturated heterocycles. The van der Waals surface area contributed by atoms with E-state index >= 15 is 0 Å². The Bertz CT molecular complexity index is 487. The number of rotatable bonds is 3. The lowest BCUT2D eigenvalue weighted by Gasteiger charge is -2.51. The average Bonchev–Trinajstić information content (AvgIpc) is 2.86. The van der Waals surface area contributed by atoms with Crippen LogP contribution in [0.5, 0.6) is 0 Å². The van der Waals surface area contributed by atoms with Crippen molar-refractivity contribution in [3.8, 4) is 0 Å². The van der Waals surface area contributed by atoms with E-state index in [9.17, 15) is 0 Å². The Balaban J connectivity index is 1.44. The first-order valence-corrected chi connectivity index (χ1v) is 12.0. The molecule has 3 aliphatic carbocycles. The normalized spacial score (nSPS) is 41.9. The van der Waals surface area contributed by atoms with Crippen LogP contribution >= 0.6 is 0 Å². The number of piperidine rings is 1. The SMILES string of the molecule is CC(C)(C)C1CC(CC(C)(C)N2CCC3CCC3C2)CC2CCCC2C1. The van der Waals surface area contributed by atoms with Gasteiger partial charge < -0.3 is 0 Å². The van der Waals surface area contributed by atoms with Gasteiger partial charge in [-0.05, 0) is 106 Å². The molecule has 4 rings (SSSR count). The second-order valence-corrected chi connectivity index (χ2v) is 12.4. The van der Waals surface area contributed by atoms with Crippen molar-refractivity contribution in [1.82, 2.24) is 4.90 Å². The summed E-state index contributed by atoms with van der Waals surface area (Å²) >= 11 is 0. The van der Waals surface area contributed by atoms with Gasteiger partial charge in [0.25, 0.3) is 0 Å². The Labute approximate surface area is 163 Å². The van der Waals surface area contributed by atoms with E-state index in [-0.39, 0.29) is 0 Å². The van der Waals surface area contributed by atoms with E-state index in [1.165, 1.54) is 70.9 Å². The molecule has 1 aliphatic heterocycles. The predicted octanol–water partition coefficient (Wildman–Crippen LogP) is 6.77. The molecule has 0 radical (unpaired) electrons. The van der Waals surface area contributed by atoms with E-state index in [0.717, 1.165) is 35.5 Å². The minimum Gasteiger partial charge on any atom is -0.298 e. The molecule has 6 atom stereocenters. The maximum atomic E-state index is 2.90. The molecular formula is C25H45N. The van der Waals surface area contributed by atoms with Gasteiger partial charge in [-0.15, -0.1) is 0 Å². The van der Waals surface area contributed by atoms with Gasteiger partial charge in [-0.25, -0.2) is 0 Å². The lowest BCUT2D eigenvalue weighted by Crippen LogP contribution is -2.54. The predicted molar refractivity (Wildman–Crippen MR) is 112 cm³/mol. The summed E-state index contributed by atoms with van der Waals surface area (Å²) in [6, 6.07) is 0. The highest BCUT2D eigenvalue weighted by atomic mass is 15.2. The van der Waals surface area contributed by atoms with E-state index in [1.807, 2.05) is 0 Å². The molecule has 150 valence electrons. The number of hydrogen-bond acceptors (Lipinski definition) is 1. The Kier molecular flexibility index (Phi) is 5.26. The van der Waals surface area contributed by atoms with Crippen molar-refractivity contribution >= 4 is 0 Å². The van der Waals surface area contributed by atoms with E-state index in [1.54, 1.807) is 6.42 Å². The van der Waals surface area contributed by atoms with E-state index in [2.05, 4.69) is 39.5 Å². The lowest BCUT2D eigenvalue weighted by atomic mass is 9.68. The molecule has 0 aromatic rings. The number of nitrogens with zero attached hydrogens (tertiary/aromatic N) is 1. The Morgan fingerprint density at radius 1 is 0.731 bits per heavy atom. The summed E-state index contributed by atoms with van der Waals surface area (Å²) in [6.07, 6.45) is 15.1. The van der Waals surface area contributed by atoms with Gasteiger partial charge in [-0.3, -0.25) is 4.90 Å². The van der Waals surface area contributed by atoms with Crippen LogP contribution in [-0.4, -0.2) is 23.5 Å². The smallest absolute Gasteiger partial charge is 0.0156 e. The molecule has 0 N–H and O–H groups in total. The third kappa shape index (κ3) is 3.89. The molecule has 3 saturated carbocycles. The maximum absolute atomic E-state index is 2.90. The molecule has 0 bridgehead atoms. The quantitative estimate of drug-likeness (QED) is 0.537. The second kappa shape index (κ2) is 7.09. The minimum absolute atomic E-state index is 0.409. The average molecular weight is 360 g/mol. The van der Waals surface area contributed by atoms with Crippen LogP contribution in [0.15, 0.2) is 0 Å². The summed E-state index contributed by atoms with van der Waals surface area (Å²) in [5.41, 5.74) is 0.899. The van der Waals surface area contributed by atoms with Gasteiger partial charge in [0.2, 0.25) is 0 Å². The molecule has 6 unspecified atom stereocenters. The van der Waals surface area contributed by atoms with Crippen LogP contribution in [0.4, 0.5) is 0 Å². The van der Waals surface area contributed by atoms with E-state index in [4.69, 9.17) is 0 Å². The number of likely N-dealkylation sites (tertiary alicyclic amines) is 1. The molecular weight excluding hydrogens is 314 g/mol. The van der Waals surface area contributed by atoms with Gasteiger partial charge in [-0.1, -0.05) is 40.0 Å². The zero-order valence-electron chi connectivity index (χ0n) is 18.4. The molecule has 1 heteroatoms. The van der Waals surface area contributed by atoms with Crippen molar-refractivity contribution in [2.45, 2.75) is 104 Å². The van der Waals surface area contributed by atoms with Gasteiger partial charge in [0, 0.05) is 12.1 Å². The molecule has 0 aromatic heterocycles. The lowest BCUT2D eigenvalue weighted by molar-refractivity contribution is -0.0185. The minimum atomic E-state index is 0.409. The van der Waals surface area contributed by atoms with Crippen LogP contribution in [0, 0.1) is 40.9 Å². The molecule has 0 aromatic carbocycles. The van der Waals surface area contributed by atoms with Gasteiger partial charge in [0.15, 0.2) is 0 Å². The van der Waals surface area contributed by atoms with Crippen molar-refractivity contribution in [2.75, 3.05) is 13.1 Å². The Morgan fingerprint density at radius 3 is 2.04 bits per heavy atom. The Morgan fingerprint density at radius 2 is 1.42 bits per heavy atom. The number of hydrogen-bond donors (Lipinski definition) is 0. The highest BCUT2D eigenvalue weighted by molar-refractivity contribution is 4.96. The van der Waals surface area contributed by atoms with Crippen molar-refractivity contribution in [3.05, 3.63) is 0 Å². The molecule has 0 amide bonds. The highest BCUT2D eigenvalue weighted by Crippen LogP contribution is 2.51. The fourth-order valence-electron chi connectivity index (χ4n) is 7.34. The topological polar surface area (TPSA) is 3.24 Å². The molecule has 26 heavy (non-hydrogen) atoms. The highest BCUT2D eigenvalue weighted by Gasteiger charge is 2.43. The van der Waals surface area contributed by atoms with Gasteiger partial charge in [0.05, 0.1) is 0 Å². The fraction of sp³-hybridized carbons (Fsp3) is 1.00.